The zero-order valence-corrected chi connectivity index (χ0v) is 14.8. The van der Waals surface area contributed by atoms with Crippen molar-refractivity contribution in [1.82, 2.24) is 5.32 Å². The largest absolute Gasteiger partial charge is 0.484 e. The van der Waals surface area contributed by atoms with Crippen LogP contribution >= 0.6 is 11.6 Å². The monoisotopic (exact) mass is 357 g/mol. The van der Waals surface area contributed by atoms with E-state index in [9.17, 15) is 9.59 Å². The molecule has 0 aromatic heterocycles. The lowest BCUT2D eigenvalue weighted by Crippen LogP contribution is -2.33. The Bertz CT molecular complexity index is 769. The molecule has 0 saturated heterocycles. The maximum atomic E-state index is 12.3. The molecule has 0 radical (unpaired) electrons. The van der Waals surface area contributed by atoms with Crippen molar-refractivity contribution in [2.24, 2.45) is 5.92 Å². The molecule has 4 nitrogen and oxygen atoms in total. The summed E-state index contributed by atoms with van der Waals surface area (Å²) in [6.45, 7) is 1.41. The first-order chi connectivity index (χ1) is 12.0. The Labute approximate surface area is 152 Å². The van der Waals surface area contributed by atoms with Crippen molar-refractivity contribution in [3.63, 3.8) is 0 Å². The van der Waals surface area contributed by atoms with Crippen molar-refractivity contribution in [2.45, 2.75) is 25.8 Å². The molecule has 1 atom stereocenters. The molecule has 0 spiro atoms. The lowest BCUT2D eigenvalue weighted by molar-refractivity contribution is -0.124. The number of hydrogen-bond donors (Lipinski definition) is 1. The van der Waals surface area contributed by atoms with Crippen LogP contribution < -0.4 is 10.1 Å². The second-order valence-corrected chi connectivity index (χ2v) is 6.74. The molecule has 1 aliphatic carbocycles. The molecule has 1 amide bonds. The number of ether oxygens (including phenoxy) is 1. The summed E-state index contributed by atoms with van der Waals surface area (Å²) in [5, 5.41) is 3.73. The van der Waals surface area contributed by atoms with E-state index in [-0.39, 0.29) is 24.3 Å². The number of halogens is 1. The quantitative estimate of drug-likeness (QED) is 0.756. The van der Waals surface area contributed by atoms with Gasteiger partial charge in [-0.1, -0.05) is 35.9 Å². The maximum Gasteiger partial charge on any atom is 0.258 e. The van der Waals surface area contributed by atoms with E-state index in [2.05, 4.69) is 5.32 Å². The van der Waals surface area contributed by atoms with E-state index in [1.807, 2.05) is 24.3 Å². The highest BCUT2D eigenvalue weighted by Crippen LogP contribution is 2.41. The number of rotatable bonds is 7. The third-order valence-corrected chi connectivity index (χ3v) is 4.50. The lowest BCUT2D eigenvalue weighted by Gasteiger charge is -2.19. The highest BCUT2D eigenvalue weighted by Gasteiger charge is 2.33. The summed E-state index contributed by atoms with van der Waals surface area (Å²) in [6, 6.07) is 14.4. The summed E-state index contributed by atoms with van der Waals surface area (Å²) in [4.78, 5) is 23.7. The Balaban J connectivity index is 1.60. The predicted molar refractivity (Wildman–Crippen MR) is 97.0 cm³/mol. The minimum absolute atomic E-state index is 0.0167. The van der Waals surface area contributed by atoms with Gasteiger partial charge in [0.05, 0.1) is 6.04 Å². The van der Waals surface area contributed by atoms with Crippen molar-refractivity contribution in [3.8, 4) is 5.75 Å². The minimum atomic E-state index is -0.180. The van der Waals surface area contributed by atoms with E-state index < -0.39 is 0 Å². The Morgan fingerprint density at radius 3 is 2.56 bits per heavy atom. The van der Waals surface area contributed by atoms with Crippen LogP contribution in [0.1, 0.15) is 41.7 Å². The number of carbonyl (C=O) groups excluding carboxylic acids is 2. The second-order valence-electron chi connectivity index (χ2n) is 6.31. The van der Waals surface area contributed by atoms with Crippen LogP contribution in [0.5, 0.6) is 5.75 Å². The number of carbonyl (C=O) groups is 2. The standard InChI is InChI=1S/C20H20ClNO3/c1-13(23)16-3-2-4-18(11-16)25-12-19(24)22-20(14-5-6-14)15-7-9-17(21)10-8-15/h2-4,7-11,14,20H,5-6,12H2,1H3,(H,22,24). The van der Waals surface area contributed by atoms with Gasteiger partial charge in [-0.3, -0.25) is 9.59 Å². The van der Waals surface area contributed by atoms with Crippen molar-refractivity contribution in [2.75, 3.05) is 6.61 Å². The van der Waals surface area contributed by atoms with E-state index in [4.69, 9.17) is 16.3 Å². The van der Waals surface area contributed by atoms with E-state index >= 15 is 0 Å². The molecule has 3 rings (SSSR count). The second kappa shape index (κ2) is 7.70. The van der Waals surface area contributed by atoms with Gasteiger partial charge in [0.2, 0.25) is 0 Å². The number of benzene rings is 2. The van der Waals surface area contributed by atoms with Gasteiger partial charge in [0, 0.05) is 10.6 Å². The fourth-order valence-corrected chi connectivity index (χ4v) is 2.87. The summed E-state index contributed by atoms with van der Waals surface area (Å²) in [5.74, 6) is 0.759. The van der Waals surface area contributed by atoms with Crippen molar-refractivity contribution >= 4 is 23.3 Å². The Morgan fingerprint density at radius 1 is 1.20 bits per heavy atom. The Kier molecular flexibility index (Phi) is 5.39. The molecule has 2 aromatic rings. The molecular formula is C20H20ClNO3. The average Bonchev–Trinajstić information content (AvgIpc) is 3.44. The van der Waals surface area contributed by atoms with Gasteiger partial charge in [-0.2, -0.15) is 0 Å². The first-order valence-electron chi connectivity index (χ1n) is 8.31. The summed E-state index contributed by atoms with van der Waals surface area (Å²) >= 11 is 5.94. The van der Waals surface area contributed by atoms with E-state index in [1.165, 1.54) is 6.92 Å². The lowest BCUT2D eigenvalue weighted by atomic mass is 10.0. The Hall–Kier alpha value is -2.33. The summed E-state index contributed by atoms with van der Waals surface area (Å²) in [7, 11) is 0. The third-order valence-electron chi connectivity index (χ3n) is 4.25. The fraction of sp³-hybridized carbons (Fsp3) is 0.300. The normalized spacial score (nSPS) is 14.6. The zero-order valence-electron chi connectivity index (χ0n) is 14.0. The van der Waals surface area contributed by atoms with Crippen LogP contribution in [0.3, 0.4) is 0 Å². The maximum absolute atomic E-state index is 12.3. The van der Waals surface area contributed by atoms with Crippen LogP contribution in [0.15, 0.2) is 48.5 Å². The van der Waals surface area contributed by atoms with Crippen LogP contribution in [0, 0.1) is 5.92 Å². The van der Waals surface area contributed by atoms with Gasteiger partial charge in [-0.15, -0.1) is 0 Å². The number of nitrogens with one attached hydrogen (secondary N) is 1. The van der Waals surface area contributed by atoms with Crippen LogP contribution in [-0.4, -0.2) is 18.3 Å². The van der Waals surface area contributed by atoms with E-state index in [0.29, 0.717) is 22.3 Å². The van der Waals surface area contributed by atoms with E-state index in [0.717, 1.165) is 18.4 Å². The SMILES string of the molecule is CC(=O)c1cccc(OCC(=O)NC(c2ccc(Cl)cc2)C2CC2)c1. The van der Waals surface area contributed by atoms with Crippen LogP contribution in [0.25, 0.3) is 0 Å². The van der Waals surface area contributed by atoms with Gasteiger partial charge < -0.3 is 10.1 Å². The van der Waals surface area contributed by atoms with Gasteiger partial charge in [0.1, 0.15) is 5.75 Å². The molecule has 0 heterocycles. The molecule has 1 N–H and O–H groups in total. The predicted octanol–water partition coefficient (Wildman–Crippen LogP) is 4.19. The summed E-state index contributed by atoms with van der Waals surface area (Å²) in [5.41, 5.74) is 1.62. The minimum Gasteiger partial charge on any atom is -0.484 e. The van der Waals surface area contributed by atoms with Gasteiger partial charge in [0.25, 0.3) is 5.91 Å². The van der Waals surface area contributed by atoms with Crippen LogP contribution in [-0.2, 0) is 4.79 Å². The molecule has 2 aromatic carbocycles. The summed E-state index contributed by atoms with van der Waals surface area (Å²) < 4.78 is 5.53. The molecule has 0 aliphatic heterocycles. The van der Waals surface area contributed by atoms with Gasteiger partial charge in [-0.05, 0) is 55.5 Å². The van der Waals surface area contributed by atoms with Crippen LogP contribution in [0.4, 0.5) is 0 Å². The molecule has 1 unspecified atom stereocenters. The smallest absolute Gasteiger partial charge is 0.258 e. The molecule has 5 heteroatoms. The number of hydrogen-bond acceptors (Lipinski definition) is 3. The molecule has 1 fully saturated rings. The topological polar surface area (TPSA) is 55.4 Å². The first-order valence-corrected chi connectivity index (χ1v) is 8.69. The van der Waals surface area contributed by atoms with Gasteiger partial charge in [0.15, 0.2) is 12.4 Å². The van der Waals surface area contributed by atoms with Gasteiger partial charge in [-0.25, -0.2) is 0 Å². The first kappa shape index (κ1) is 17.5. The third kappa shape index (κ3) is 4.83. The Morgan fingerprint density at radius 2 is 1.92 bits per heavy atom. The average molecular weight is 358 g/mol. The molecular weight excluding hydrogens is 338 g/mol. The van der Waals surface area contributed by atoms with Gasteiger partial charge >= 0.3 is 0 Å². The molecule has 130 valence electrons. The highest BCUT2D eigenvalue weighted by atomic mass is 35.5. The molecule has 0 bridgehead atoms. The number of ketones is 1. The summed E-state index contributed by atoms with van der Waals surface area (Å²) in [6.07, 6.45) is 2.21. The molecule has 25 heavy (non-hydrogen) atoms. The molecule has 1 aliphatic rings. The zero-order chi connectivity index (χ0) is 17.8. The van der Waals surface area contributed by atoms with E-state index in [1.54, 1.807) is 24.3 Å². The number of Topliss-reactive ketones (excluding diaryl/α,β-unsaturated/α-hetero) is 1. The molecule has 1 saturated carbocycles. The van der Waals surface area contributed by atoms with Crippen molar-refractivity contribution < 1.29 is 14.3 Å². The number of amides is 1. The van der Waals surface area contributed by atoms with Crippen molar-refractivity contribution in [3.05, 3.63) is 64.7 Å². The van der Waals surface area contributed by atoms with Crippen LogP contribution in [0.2, 0.25) is 5.02 Å². The van der Waals surface area contributed by atoms with Crippen molar-refractivity contribution in [1.29, 1.82) is 0 Å². The fourth-order valence-electron chi connectivity index (χ4n) is 2.74. The highest BCUT2D eigenvalue weighted by molar-refractivity contribution is 6.30.